The molecule has 5 nitrogen and oxygen atoms in total. The molecule has 0 amide bonds. The maximum Gasteiger partial charge on any atom is 0.338 e. The van der Waals surface area contributed by atoms with Crippen LogP contribution in [0.2, 0.25) is 0 Å². The Morgan fingerprint density at radius 1 is 0.774 bits per heavy atom. The van der Waals surface area contributed by atoms with Crippen LogP contribution in [0, 0.1) is 23.7 Å². The highest BCUT2D eigenvalue weighted by Crippen LogP contribution is 2.57. The van der Waals surface area contributed by atoms with Gasteiger partial charge < -0.3 is 14.2 Å². The summed E-state index contributed by atoms with van der Waals surface area (Å²) >= 11 is 0. The first kappa shape index (κ1) is 20.3. The summed E-state index contributed by atoms with van der Waals surface area (Å²) in [6.45, 7) is 4.30. The van der Waals surface area contributed by atoms with Crippen molar-refractivity contribution in [2.24, 2.45) is 23.7 Å². The summed E-state index contributed by atoms with van der Waals surface area (Å²) in [5, 5.41) is 0. The van der Waals surface area contributed by atoms with E-state index in [-0.39, 0.29) is 47.8 Å². The predicted octanol–water partition coefficient (Wildman–Crippen LogP) is 4.52. The molecule has 5 rings (SSSR count). The molecule has 1 saturated carbocycles. The van der Waals surface area contributed by atoms with Crippen LogP contribution in [0.15, 0.2) is 60.7 Å². The van der Waals surface area contributed by atoms with Crippen LogP contribution in [-0.4, -0.2) is 36.4 Å². The average molecular weight is 421 g/mol. The van der Waals surface area contributed by atoms with Gasteiger partial charge in [-0.2, -0.15) is 0 Å². The Kier molecular flexibility index (Phi) is 5.30. The van der Waals surface area contributed by atoms with E-state index in [0.717, 1.165) is 12.8 Å². The summed E-state index contributed by atoms with van der Waals surface area (Å²) in [6, 6.07) is 18.0. The third-order valence-corrected chi connectivity index (χ3v) is 7.19. The minimum atomic E-state index is -0.506. The number of esters is 2. The quantitative estimate of drug-likeness (QED) is 0.666. The number of rotatable bonds is 5. The van der Waals surface area contributed by atoms with E-state index in [2.05, 4.69) is 13.8 Å². The summed E-state index contributed by atoms with van der Waals surface area (Å²) in [5.41, 5.74) is 1.01. The zero-order chi connectivity index (χ0) is 21.5. The number of hydrogen-bond acceptors (Lipinski definition) is 5. The molecular formula is C26H28O5. The lowest BCUT2D eigenvalue weighted by Gasteiger charge is -2.31. The summed E-state index contributed by atoms with van der Waals surface area (Å²) in [4.78, 5) is 25.9. The van der Waals surface area contributed by atoms with E-state index in [1.54, 1.807) is 24.3 Å². The van der Waals surface area contributed by atoms with Crippen molar-refractivity contribution in [3.63, 3.8) is 0 Å². The first-order valence-electron chi connectivity index (χ1n) is 11.2. The molecular weight excluding hydrogens is 392 g/mol. The number of benzene rings is 2. The van der Waals surface area contributed by atoms with Gasteiger partial charge in [-0.15, -0.1) is 0 Å². The molecule has 5 heteroatoms. The van der Waals surface area contributed by atoms with Crippen molar-refractivity contribution in [1.29, 1.82) is 0 Å². The minimum Gasteiger partial charge on any atom is -0.454 e. The third-order valence-electron chi connectivity index (χ3n) is 7.19. The van der Waals surface area contributed by atoms with Crippen molar-refractivity contribution >= 4 is 11.9 Å². The minimum absolute atomic E-state index is 0.0604. The van der Waals surface area contributed by atoms with Gasteiger partial charge in [-0.3, -0.25) is 0 Å². The highest BCUT2D eigenvalue weighted by molar-refractivity contribution is 5.90. The van der Waals surface area contributed by atoms with Gasteiger partial charge in [0.15, 0.2) is 0 Å². The van der Waals surface area contributed by atoms with Crippen LogP contribution >= 0.6 is 0 Å². The number of ether oxygens (including phenoxy) is 3. The van der Waals surface area contributed by atoms with Gasteiger partial charge in [0, 0.05) is 17.8 Å². The molecule has 0 radical (unpaired) electrons. The Hall–Kier alpha value is -2.66. The van der Waals surface area contributed by atoms with E-state index in [0.29, 0.717) is 11.1 Å². The number of carbonyl (C=O) groups is 2. The Bertz CT molecular complexity index is 887. The molecule has 2 heterocycles. The summed E-state index contributed by atoms with van der Waals surface area (Å²) in [6.07, 6.45) is 1.21. The standard InChI is InChI=1S/C26H28O5/c1-15(2)20-21-18-13-14-19(29-18)22(21)24(31-26(28)17-11-7-4-8-12-17)23(20)30-25(27)16-9-5-3-6-10-16/h3-12,15,18-24H,13-14H2,1-2H3. The predicted molar refractivity (Wildman–Crippen MR) is 114 cm³/mol. The Balaban J connectivity index is 1.47. The molecule has 162 valence electrons. The van der Waals surface area contributed by atoms with E-state index in [1.807, 2.05) is 36.4 Å². The van der Waals surface area contributed by atoms with Crippen molar-refractivity contribution in [2.75, 3.05) is 0 Å². The molecule has 0 aromatic heterocycles. The van der Waals surface area contributed by atoms with Gasteiger partial charge in [0.1, 0.15) is 12.2 Å². The highest BCUT2D eigenvalue weighted by Gasteiger charge is 2.65. The van der Waals surface area contributed by atoms with Gasteiger partial charge in [0.05, 0.1) is 23.3 Å². The van der Waals surface area contributed by atoms with Crippen molar-refractivity contribution in [1.82, 2.24) is 0 Å². The van der Waals surface area contributed by atoms with Crippen molar-refractivity contribution in [2.45, 2.75) is 51.1 Å². The number of hydrogen-bond donors (Lipinski definition) is 0. The highest BCUT2D eigenvalue weighted by atomic mass is 16.6. The van der Waals surface area contributed by atoms with E-state index in [4.69, 9.17) is 14.2 Å². The summed E-state index contributed by atoms with van der Waals surface area (Å²) in [5.74, 6) is -0.0955. The zero-order valence-corrected chi connectivity index (χ0v) is 17.8. The van der Waals surface area contributed by atoms with Gasteiger partial charge in [0.2, 0.25) is 0 Å². The van der Waals surface area contributed by atoms with E-state index >= 15 is 0 Å². The van der Waals surface area contributed by atoms with Crippen molar-refractivity contribution in [3.8, 4) is 0 Å². The zero-order valence-electron chi connectivity index (χ0n) is 17.8. The molecule has 3 fully saturated rings. The van der Waals surface area contributed by atoms with E-state index < -0.39 is 12.2 Å². The summed E-state index contributed by atoms with van der Waals surface area (Å²) < 4.78 is 18.5. The van der Waals surface area contributed by atoms with Crippen LogP contribution in [0.3, 0.4) is 0 Å². The normalized spacial score (nSPS) is 33.3. The van der Waals surface area contributed by atoms with Gasteiger partial charge in [0.25, 0.3) is 0 Å². The number of fused-ring (bicyclic) bond motifs is 5. The lowest BCUT2D eigenvalue weighted by Crippen LogP contribution is -2.41. The molecule has 1 aliphatic carbocycles. The maximum absolute atomic E-state index is 13.0. The first-order valence-corrected chi connectivity index (χ1v) is 11.2. The van der Waals surface area contributed by atoms with Gasteiger partial charge in [-0.25, -0.2) is 9.59 Å². The largest absolute Gasteiger partial charge is 0.454 e. The van der Waals surface area contributed by atoms with Crippen LogP contribution in [0.5, 0.6) is 0 Å². The molecule has 0 spiro atoms. The van der Waals surface area contributed by atoms with Crippen LogP contribution in [0.1, 0.15) is 47.4 Å². The molecule has 0 N–H and O–H groups in total. The van der Waals surface area contributed by atoms with E-state index in [1.165, 1.54) is 0 Å². The Labute approximate surface area is 182 Å². The third kappa shape index (κ3) is 3.55. The molecule has 7 unspecified atom stereocenters. The lowest BCUT2D eigenvalue weighted by atomic mass is 9.74. The molecule has 2 aliphatic heterocycles. The van der Waals surface area contributed by atoms with Crippen molar-refractivity contribution in [3.05, 3.63) is 71.8 Å². The Morgan fingerprint density at radius 2 is 1.26 bits per heavy atom. The topological polar surface area (TPSA) is 61.8 Å². The first-order chi connectivity index (χ1) is 15.0. The molecule has 7 atom stereocenters. The van der Waals surface area contributed by atoms with E-state index in [9.17, 15) is 9.59 Å². The molecule has 2 aromatic carbocycles. The fourth-order valence-electron chi connectivity index (χ4n) is 5.99. The molecule has 3 aliphatic rings. The lowest BCUT2D eigenvalue weighted by molar-refractivity contribution is -0.0666. The van der Waals surface area contributed by atoms with Crippen LogP contribution in [-0.2, 0) is 14.2 Å². The second-order valence-electron chi connectivity index (χ2n) is 9.24. The SMILES string of the molecule is CC(C)C1C(OC(=O)c2ccccc2)C(OC(=O)c2ccccc2)C2C3CCC(O3)C12. The van der Waals surface area contributed by atoms with Crippen LogP contribution < -0.4 is 0 Å². The van der Waals surface area contributed by atoms with Crippen molar-refractivity contribution < 1.29 is 23.8 Å². The monoisotopic (exact) mass is 420 g/mol. The molecule has 2 aromatic rings. The second-order valence-corrected chi connectivity index (χ2v) is 9.24. The molecule has 2 saturated heterocycles. The average Bonchev–Trinajstić information content (AvgIpc) is 3.48. The van der Waals surface area contributed by atoms with Gasteiger partial charge in [-0.05, 0) is 43.0 Å². The fraction of sp³-hybridized carbons (Fsp3) is 0.462. The smallest absolute Gasteiger partial charge is 0.338 e. The van der Waals surface area contributed by atoms with Gasteiger partial charge >= 0.3 is 11.9 Å². The molecule has 31 heavy (non-hydrogen) atoms. The second kappa shape index (κ2) is 8.12. The molecule has 2 bridgehead atoms. The van der Waals surface area contributed by atoms with Gasteiger partial charge in [-0.1, -0.05) is 50.2 Å². The number of carbonyl (C=O) groups excluding carboxylic acids is 2. The van der Waals surface area contributed by atoms with Crippen LogP contribution in [0.4, 0.5) is 0 Å². The Morgan fingerprint density at radius 3 is 1.77 bits per heavy atom. The summed E-state index contributed by atoms with van der Waals surface area (Å²) in [7, 11) is 0. The fourth-order valence-corrected chi connectivity index (χ4v) is 5.99. The maximum atomic E-state index is 13.0. The van der Waals surface area contributed by atoms with Crippen LogP contribution in [0.25, 0.3) is 0 Å².